The first-order chi connectivity index (χ1) is 9.92. The highest BCUT2D eigenvalue weighted by Crippen LogP contribution is 2.48. The summed E-state index contributed by atoms with van der Waals surface area (Å²) in [6.07, 6.45) is 2.84. The van der Waals surface area contributed by atoms with Crippen molar-refractivity contribution in [1.82, 2.24) is 4.72 Å². The molecule has 1 aromatic carbocycles. The molecule has 0 radical (unpaired) electrons. The Hall–Kier alpha value is -1.13. The zero-order valence-electron chi connectivity index (χ0n) is 11.7. The van der Waals surface area contributed by atoms with E-state index in [4.69, 9.17) is 21.6 Å². The van der Waals surface area contributed by atoms with Gasteiger partial charge in [-0.2, -0.15) is 5.26 Å². The fraction of sp³-hybridized carbons (Fsp3) is 0.500. The van der Waals surface area contributed by atoms with Gasteiger partial charge >= 0.3 is 0 Å². The van der Waals surface area contributed by atoms with Gasteiger partial charge in [0.2, 0.25) is 10.0 Å². The van der Waals surface area contributed by atoms with Crippen molar-refractivity contribution in [3.05, 3.63) is 28.8 Å². The molecule has 1 N–H and O–H groups in total. The SMILES string of the molecule is COCCC1(CNS(=O)(=O)c2ccc(C#N)cc2Cl)CC1. The molecule has 1 aliphatic carbocycles. The number of halogens is 1. The number of nitrogens with zero attached hydrogens (tertiary/aromatic N) is 1. The molecule has 0 spiro atoms. The minimum absolute atomic E-state index is 0.00529. The van der Waals surface area contributed by atoms with Crippen LogP contribution < -0.4 is 4.72 Å². The average Bonchev–Trinajstić information content (AvgIpc) is 3.23. The Balaban J connectivity index is 2.07. The van der Waals surface area contributed by atoms with Crippen molar-refractivity contribution in [1.29, 1.82) is 5.26 Å². The lowest BCUT2D eigenvalue weighted by Crippen LogP contribution is -2.31. The Morgan fingerprint density at radius 1 is 1.48 bits per heavy atom. The molecule has 0 aromatic heterocycles. The molecule has 0 aliphatic heterocycles. The predicted molar refractivity (Wildman–Crippen MR) is 79.5 cm³/mol. The molecule has 0 atom stereocenters. The van der Waals surface area contributed by atoms with Crippen molar-refractivity contribution < 1.29 is 13.2 Å². The second kappa shape index (κ2) is 6.32. The maximum absolute atomic E-state index is 12.3. The monoisotopic (exact) mass is 328 g/mol. The van der Waals surface area contributed by atoms with Gasteiger partial charge in [-0.15, -0.1) is 0 Å². The highest BCUT2D eigenvalue weighted by Gasteiger charge is 2.42. The van der Waals surface area contributed by atoms with E-state index in [9.17, 15) is 8.42 Å². The quantitative estimate of drug-likeness (QED) is 0.833. The van der Waals surface area contributed by atoms with Crippen LogP contribution in [-0.2, 0) is 14.8 Å². The molecule has 1 aromatic rings. The van der Waals surface area contributed by atoms with Gasteiger partial charge in [0.05, 0.1) is 16.7 Å². The van der Waals surface area contributed by atoms with Crippen molar-refractivity contribution >= 4 is 21.6 Å². The van der Waals surface area contributed by atoms with Gasteiger partial charge in [0.1, 0.15) is 4.90 Å². The van der Waals surface area contributed by atoms with E-state index in [1.165, 1.54) is 18.2 Å². The van der Waals surface area contributed by atoms with Crippen LogP contribution >= 0.6 is 11.6 Å². The number of nitriles is 1. The molecule has 1 aliphatic rings. The van der Waals surface area contributed by atoms with Crippen LogP contribution in [0.5, 0.6) is 0 Å². The molecule has 0 heterocycles. The molecule has 0 bridgehead atoms. The Bertz CT molecular complexity index is 663. The van der Waals surface area contributed by atoms with Gasteiger partial charge in [-0.25, -0.2) is 13.1 Å². The van der Waals surface area contributed by atoms with Gasteiger partial charge in [0.25, 0.3) is 0 Å². The van der Waals surface area contributed by atoms with Gasteiger partial charge in [-0.05, 0) is 42.9 Å². The summed E-state index contributed by atoms with van der Waals surface area (Å²) in [7, 11) is -2.03. The molecule has 0 unspecified atom stereocenters. The van der Waals surface area contributed by atoms with Gasteiger partial charge in [0, 0.05) is 20.3 Å². The first-order valence-electron chi connectivity index (χ1n) is 6.61. The largest absolute Gasteiger partial charge is 0.385 e. The summed E-state index contributed by atoms with van der Waals surface area (Å²) in [5.74, 6) is 0. The minimum Gasteiger partial charge on any atom is -0.385 e. The second-order valence-electron chi connectivity index (χ2n) is 5.32. The molecule has 0 saturated heterocycles. The Morgan fingerprint density at radius 3 is 2.71 bits per heavy atom. The molecule has 5 nitrogen and oxygen atoms in total. The van der Waals surface area contributed by atoms with Gasteiger partial charge in [-0.3, -0.25) is 0 Å². The molecule has 1 saturated carbocycles. The molecule has 0 amide bonds. The summed E-state index contributed by atoms with van der Waals surface area (Å²) < 4.78 is 32.2. The van der Waals surface area contributed by atoms with E-state index in [2.05, 4.69) is 4.72 Å². The molecule has 21 heavy (non-hydrogen) atoms. The van der Waals surface area contributed by atoms with E-state index in [1.54, 1.807) is 7.11 Å². The fourth-order valence-electron chi connectivity index (χ4n) is 2.12. The van der Waals surface area contributed by atoms with Gasteiger partial charge < -0.3 is 4.74 Å². The summed E-state index contributed by atoms with van der Waals surface area (Å²) in [6, 6.07) is 6.08. The number of benzene rings is 1. The highest BCUT2D eigenvalue weighted by molar-refractivity contribution is 7.89. The first kappa shape index (κ1) is 16.2. The lowest BCUT2D eigenvalue weighted by atomic mass is 10.0. The predicted octanol–water partition coefficient (Wildman–Crippen LogP) is 2.31. The van der Waals surface area contributed by atoms with E-state index >= 15 is 0 Å². The van der Waals surface area contributed by atoms with Crippen LogP contribution in [0.25, 0.3) is 0 Å². The number of nitrogens with one attached hydrogen (secondary N) is 1. The smallest absolute Gasteiger partial charge is 0.242 e. The number of ether oxygens (including phenoxy) is 1. The van der Waals surface area contributed by atoms with E-state index in [0.717, 1.165) is 19.3 Å². The van der Waals surface area contributed by atoms with Crippen molar-refractivity contribution in [3.63, 3.8) is 0 Å². The standard InChI is InChI=1S/C14H17ClN2O3S/c1-20-7-6-14(4-5-14)10-17-21(18,19)13-3-2-11(9-16)8-12(13)15/h2-3,8,17H,4-7,10H2,1H3. The lowest BCUT2D eigenvalue weighted by molar-refractivity contribution is 0.173. The summed E-state index contributed by atoms with van der Waals surface area (Å²) >= 11 is 5.95. The van der Waals surface area contributed by atoms with Crippen molar-refractivity contribution in [2.75, 3.05) is 20.3 Å². The van der Waals surface area contributed by atoms with Crippen LogP contribution in [0.1, 0.15) is 24.8 Å². The Morgan fingerprint density at radius 2 is 2.19 bits per heavy atom. The number of methoxy groups -OCH3 is 1. The summed E-state index contributed by atoms with van der Waals surface area (Å²) in [4.78, 5) is 0.00529. The molecule has 1 fully saturated rings. The Kier molecular flexibility index (Phi) is 4.89. The molecular formula is C14H17ClN2O3S. The third-order valence-electron chi connectivity index (χ3n) is 3.78. The lowest BCUT2D eigenvalue weighted by Gasteiger charge is -2.16. The van der Waals surface area contributed by atoms with Crippen LogP contribution in [-0.4, -0.2) is 28.7 Å². The zero-order chi connectivity index (χ0) is 15.5. The summed E-state index contributed by atoms with van der Waals surface area (Å²) in [6.45, 7) is 1.01. The van der Waals surface area contributed by atoms with Crippen LogP contribution in [0.2, 0.25) is 5.02 Å². The molecule has 2 rings (SSSR count). The van der Waals surface area contributed by atoms with Crippen molar-refractivity contribution in [2.24, 2.45) is 5.41 Å². The fourth-order valence-corrected chi connectivity index (χ4v) is 3.82. The number of hydrogen-bond donors (Lipinski definition) is 1. The minimum atomic E-state index is -3.67. The Labute approximate surface area is 129 Å². The average molecular weight is 329 g/mol. The van der Waals surface area contributed by atoms with Gasteiger partial charge in [-0.1, -0.05) is 11.6 Å². The van der Waals surface area contributed by atoms with Crippen LogP contribution in [0.3, 0.4) is 0 Å². The van der Waals surface area contributed by atoms with Crippen LogP contribution in [0.15, 0.2) is 23.1 Å². The number of hydrogen-bond acceptors (Lipinski definition) is 4. The maximum Gasteiger partial charge on any atom is 0.242 e. The van der Waals surface area contributed by atoms with Crippen LogP contribution in [0, 0.1) is 16.7 Å². The second-order valence-corrected chi connectivity index (χ2v) is 7.47. The normalized spacial score (nSPS) is 16.4. The van der Waals surface area contributed by atoms with Crippen LogP contribution in [0.4, 0.5) is 0 Å². The van der Waals surface area contributed by atoms with E-state index in [1.807, 2.05) is 6.07 Å². The number of rotatable bonds is 7. The topological polar surface area (TPSA) is 79.2 Å². The molecule has 114 valence electrons. The first-order valence-corrected chi connectivity index (χ1v) is 8.47. The summed E-state index contributed by atoms with van der Waals surface area (Å²) in [5.41, 5.74) is 0.347. The summed E-state index contributed by atoms with van der Waals surface area (Å²) in [5, 5.41) is 8.83. The third kappa shape index (κ3) is 3.95. The highest BCUT2D eigenvalue weighted by atomic mass is 35.5. The third-order valence-corrected chi connectivity index (χ3v) is 5.67. The molecule has 7 heteroatoms. The van der Waals surface area contributed by atoms with Crippen molar-refractivity contribution in [2.45, 2.75) is 24.2 Å². The van der Waals surface area contributed by atoms with Crippen molar-refractivity contribution in [3.8, 4) is 6.07 Å². The zero-order valence-corrected chi connectivity index (χ0v) is 13.3. The maximum atomic E-state index is 12.3. The van der Waals surface area contributed by atoms with Gasteiger partial charge in [0.15, 0.2) is 0 Å². The number of sulfonamides is 1. The molecular weight excluding hydrogens is 312 g/mol. The van der Waals surface area contributed by atoms with E-state index in [0.29, 0.717) is 18.7 Å². The van der Waals surface area contributed by atoms with E-state index < -0.39 is 10.0 Å². The van der Waals surface area contributed by atoms with E-state index in [-0.39, 0.29) is 15.3 Å².